The van der Waals surface area contributed by atoms with Gasteiger partial charge in [-0.3, -0.25) is 15.3 Å². The number of hydroxylamine groups is 1. The molecule has 32 heavy (non-hydrogen) atoms. The lowest BCUT2D eigenvalue weighted by atomic mass is 10.1. The molecule has 0 saturated carbocycles. The molecule has 1 atom stereocenters. The summed E-state index contributed by atoms with van der Waals surface area (Å²) in [5.74, 6) is 0.593. The second-order valence-corrected chi connectivity index (χ2v) is 6.39. The van der Waals surface area contributed by atoms with Crippen LogP contribution < -0.4 is 20.3 Å². The molecule has 9 heteroatoms. The van der Waals surface area contributed by atoms with Crippen LogP contribution in [0.15, 0.2) is 72.8 Å². The fourth-order valence-electron chi connectivity index (χ4n) is 2.61. The first-order chi connectivity index (χ1) is 15.5. The molecule has 0 radical (unpaired) electrons. The fourth-order valence-corrected chi connectivity index (χ4v) is 2.61. The summed E-state index contributed by atoms with van der Waals surface area (Å²) in [7, 11) is 1.56. The van der Waals surface area contributed by atoms with E-state index in [1.807, 2.05) is 0 Å². The van der Waals surface area contributed by atoms with Gasteiger partial charge in [0.1, 0.15) is 24.2 Å². The zero-order valence-corrected chi connectivity index (χ0v) is 17.6. The number of anilines is 1. The number of aliphatic hydroxyl groups is 1. The maximum absolute atomic E-state index is 12.4. The Balaban J connectivity index is 2.07. The summed E-state index contributed by atoms with van der Waals surface area (Å²) in [5.41, 5.74) is 2.78. The van der Waals surface area contributed by atoms with Crippen LogP contribution in [0, 0.1) is 0 Å². The average molecular weight is 442 g/mol. The van der Waals surface area contributed by atoms with E-state index >= 15 is 0 Å². The van der Waals surface area contributed by atoms with Gasteiger partial charge in [-0.15, -0.1) is 0 Å². The van der Waals surface area contributed by atoms with E-state index in [2.05, 4.69) is 5.32 Å². The molecule has 0 spiro atoms. The Morgan fingerprint density at radius 3 is 2.34 bits per heavy atom. The van der Waals surface area contributed by atoms with Crippen molar-refractivity contribution in [1.29, 1.82) is 0 Å². The minimum atomic E-state index is -0.653. The highest BCUT2D eigenvalue weighted by atomic mass is 16.6. The predicted molar refractivity (Wildman–Crippen MR) is 118 cm³/mol. The summed E-state index contributed by atoms with van der Waals surface area (Å²) in [6.07, 6.45) is 5.01. The highest BCUT2D eigenvalue weighted by molar-refractivity contribution is 5.86. The van der Waals surface area contributed by atoms with E-state index in [0.717, 1.165) is 11.6 Å². The van der Waals surface area contributed by atoms with Crippen molar-refractivity contribution in [3.05, 3.63) is 78.4 Å². The Bertz CT molecular complexity index is 909. The number of aliphatic hydroxyl groups excluding tert-OH is 1. The Morgan fingerprint density at radius 2 is 1.72 bits per heavy atom. The van der Waals surface area contributed by atoms with Crippen molar-refractivity contribution >= 4 is 17.7 Å². The van der Waals surface area contributed by atoms with Crippen LogP contribution in [0.25, 0.3) is 0 Å². The number of allylic oxidation sites excluding steroid dienone is 2. The van der Waals surface area contributed by atoms with Gasteiger partial charge in [0.15, 0.2) is 0 Å². The average Bonchev–Trinajstić information content (AvgIpc) is 2.82. The minimum Gasteiger partial charge on any atom is -0.497 e. The van der Waals surface area contributed by atoms with Gasteiger partial charge >= 0.3 is 6.09 Å². The maximum atomic E-state index is 12.4. The molecule has 0 fully saturated rings. The molecule has 0 bridgehead atoms. The number of hydrogen-bond donors (Lipinski definition) is 4. The number of nitrogens with one attached hydrogen (secondary N) is 2. The quantitative estimate of drug-likeness (QED) is 0.182. The smallest absolute Gasteiger partial charge is 0.412 e. The summed E-state index contributed by atoms with van der Waals surface area (Å²) in [5, 5.41) is 20.0. The lowest BCUT2D eigenvalue weighted by Crippen LogP contribution is -2.17. The van der Waals surface area contributed by atoms with E-state index in [1.54, 1.807) is 67.8 Å². The number of benzene rings is 2. The molecular formula is C23H26N2O7. The van der Waals surface area contributed by atoms with E-state index < -0.39 is 18.1 Å². The van der Waals surface area contributed by atoms with Crippen molar-refractivity contribution in [2.24, 2.45) is 0 Å². The lowest BCUT2D eigenvalue weighted by Gasteiger charge is -2.18. The molecule has 2 rings (SSSR count). The lowest BCUT2D eigenvalue weighted by molar-refractivity contribution is -0.124. The molecule has 0 heterocycles. The topological polar surface area (TPSA) is 126 Å². The van der Waals surface area contributed by atoms with Gasteiger partial charge in [-0.05, 0) is 42.0 Å². The van der Waals surface area contributed by atoms with E-state index in [0.29, 0.717) is 23.6 Å². The molecule has 2 aromatic carbocycles. The molecule has 0 aliphatic carbocycles. The van der Waals surface area contributed by atoms with Gasteiger partial charge in [0.25, 0.3) is 5.91 Å². The van der Waals surface area contributed by atoms with Crippen LogP contribution in [0.5, 0.6) is 11.5 Å². The Hall–Kier alpha value is -3.82. The Labute approximate surface area is 185 Å². The van der Waals surface area contributed by atoms with Crippen molar-refractivity contribution in [2.45, 2.75) is 12.5 Å². The first-order valence-corrected chi connectivity index (χ1v) is 9.78. The van der Waals surface area contributed by atoms with Crippen LogP contribution >= 0.6 is 0 Å². The van der Waals surface area contributed by atoms with Gasteiger partial charge < -0.3 is 19.3 Å². The second kappa shape index (κ2) is 13.5. The van der Waals surface area contributed by atoms with Crippen molar-refractivity contribution < 1.29 is 34.1 Å². The molecule has 2 amide bonds. The third kappa shape index (κ3) is 8.50. The van der Waals surface area contributed by atoms with Crippen LogP contribution in [0.3, 0.4) is 0 Å². The molecule has 170 valence electrons. The molecule has 2 aromatic rings. The zero-order valence-electron chi connectivity index (χ0n) is 17.6. The molecule has 9 nitrogen and oxygen atoms in total. The normalized spacial score (nSPS) is 11.8. The van der Waals surface area contributed by atoms with Gasteiger partial charge in [-0.25, -0.2) is 10.3 Å². The molecule has 0 saturated heterocycles. The number of carbonyl (C=O) groups excluding carboxylic acids is 2. The first kappa shape index (κ1) is 24.4. The number of rotatable bonds is 11. The SMILES string of the molecule is COc1ccc(NC(=O)O[C@H](C/C=C/C=C/C(=O)NO)c2ccc(OCCO)cc2)cc1. The zero-order chi connectivity index (χ0) is 23.2. The Kier molecular flexibility index (Phi) is 10.3. The van der Waals surface area contributed by atoms with Crippen LogP contribution in [0.1, 0.15) is 18.1 Å². The highest BCUT2D eigenvalue weighted by Gasteiger charge is 2.16. The van der Waals surface area contributed by atoms with Crippen LogP contribution in [0.2, 0.25) is 0 Å². The van der Waals surface area contributed by atoms with Crippen LogP contribution in [0.4, 0.5) is 10.5 Å². The highest BCUT2D eigenvalue weighted by Crippen LogP contribution is 2.25. The standard InChI is InChI=1S/C23H26N2O7/c1-30-19-13-9-18(10-14-19)24-23(28)32-21(5-3-2-4-6-22(27)25-29)17-7-11-20(12-8-17)31-16-15-26/h2-4,6-14,21,26,29H,5,15-16H2,1H3,(H,24,28)(H,25,27)/b3-2+,6-4+/t21-/m1/s1. The summed E-state index contributed by atoms with van der Waals surface area (Å²) in [6.45, 7) is 0.0890. The largest absolute Gasteiger partial charge is 0.497 e. The molecular weight excluding hydrogens is 416 g/mol. The second-order valence-electron chi connectivity index (χ2n) is 6.39. The number of methoxy groups -OCH3 is 1. The Morgan fingerprint density at radius 1 is 1.03 bits per heavy atom. The van der Waals surface area contributed by atoms with E-state index in [4.69, 9.17) is 24.5 Å². The maximum Gasteiger partial charge on any atom is 0.412 e. The molecule has 0 aliphatic heterocycles. The number of ether oxygens (including phenoxy) is 3. The molecule has 4 N–H and O–H groups in total. The molecule has 0 aromatic heterocycles. The molecule has 0 aliphatic rings. The predicted octanol–water partition coefficient (Wildman–Crippen LogP) is 3.36. The van der Waals surface area contributed by atoms with Crippen molar-refractivity contribution in [3.63, 3.8) is 0 Å². The summed E-state index contributed by atoms with van der Waals surface area (Å²) < 4.78 is 16.1. The monoisotopic (exact) mass is 442 g/mol. The van der Waals surface area contributed by atoms with Gasteiger partial charge in [-0.2, -0.15) is 0 Å². The van der Waals surface area contributed by atoms with E-state index in [-0.39, 0.29) is 13.2 Å². The number of carbonyl (C=O) groups is 2. The summed E-state index contributed by atoms with van der Waals surface area (Å²) in [6, 6.07) is 13.8. The van der Waals surface area contributed by atoms with Crippen molar-refractivity contribution in [2.75, 3.05) is 25.6 Å². The summed E-state index contributed by atoms with van der Waals surface area (Å²) in [4.78, 5) is 23.4. The summed E-state index contributed by atoms with van der Waals surface area (Å²) >= 11 is 0. The van der Waals surface area contributed by atoms with Gasteiger partial charge in [0.2, 0.25) is 0 Å². The van der Waals surface area contributed by atoms with Crippen LogP contribution in [-0.2, 0) is 9.53 Å². The molecule has 0 unspecified atom stereocenters. The number of hydrogen-bond acceptors (Lipinski definition) is 7. The minimum absolute atomic E-state index is 0.0916. The van der Waals surface area contributed by atoms with Crippen LogP contribution in [-0.4, -0.2) is 42.6 Å². The number of amides is 2. The third-order valence-corrected chi connectivity index (χ3v) is 4.15. The van der Waals surface area contributed by atoms with Crippen molar-refractivity contribution in [1.82, 2.24) is 5.48 Å². The van der Waals surface area contributed by atoms with Gasteiger partial charge in [0, 0.05) is 18.2 Å². The first-order valence-electron chi connectivity index (χ1n) is 9.78. The third-order valence-electron chi connectivity index (χ3n) is 4.15. The van der Waals surface area contributed by atoms with Gasteiger partial charge in [-0.1, -0.05) is 30.4 Å². The van der Waals surface area contributed by atoms with E-state index in [9.17, 15) is 9.59 Å². The van der Waals surface area contributed by atoms with Gasteiger partial charge in [0.05, 0.1) is 13.7 Å². The van der Waals surface area contributed by atoms with E-state index in [1.165, 1.54) is 11.6 Å². The fraction of sp³-hybridized carbons (Fsp3) is 0.217. The van der Waals surface area contributed by atoms with Crippen molar-refractivity contribution in [3.8, 4) is 11.5 Å².